The van der Waals surface area contributed by atoms with E-state index in [1.165, 1.54) is 4.52 Å². The fourth-order valence-electron chi connectivity index (χ4n) is 2.43. The zero-order chi connectivity index (χ0) is 12.7. The number of rotatable bonds is 1. The minimum atomic E-state index is -0.323. The van der Waals surface area contributed by atoms with Crippen LogP contribution in [0.3, 0.4) is 0 Å². The number of nitrogens with one attached hydrogen (secondary N) is 2. The molecule has 6 heteroatoms. The van der Waals surface area contributed by atoms with Crippen molar-refractivity contribution in [2.75, 3.05) is 6.54 Å². The number of hydrogen-bond acceptors (Lipinski definition) is 4. The van der Waals surface area contributed by atoms with Gasteiger partial charge in [-0.15, -0.1) is 0 Å². The molecule has 2 aromatic rings. The van der Waals surface area contributed by atoms with E-state index in [0.29, 0.717) is 11.6 Å². The fraction of sp³-hybridized carbons (Fsp3) is 0.500. The van der Waals surface area contributed by atoms with E-state index in [9.17, 15) is 9.90 Å². The first kappa shape index (κ1) is 11.3. The zero-order valence-corrected chi connectivity index (χ0v) is 10.2. The second-order valence-corrected chi connectivity index (χ2v) is 5.00. The highest BCUT2D eigenvalue weighted by Crippen LogP contribution is 2.25. The van der Waals surface area contributed by atoms with Gasteiger partial charge in [0.05, 0.1) is 17.8 Å². The predicted molar refractivity (Wildman–Crippen MR) is 66.6 cm³/mol. The Balaban J connectivity index is 1.98. The Bertz CT molecular complexity index is 623. The molecule has 0 spiro atoms. The standard InChI is InChI=1S/C12H16N4O2/c1-7-2-3-8(13-6-7)9-4-10-14-11(17)5-12(18)16(10)15-9/h4-5,7-8,13,18H,2-3,6H2,1H3,(H,14,17). The third kappa shape index (κ3) is 1.88. The molecule has 0 saturated carbocycles. The van der Waals surface area contributed by atoms with E-state index in [-0.39, 0.29) is 17.5 Å². The quantitative estimate of drug-likeness (QED) is 0.696. The Morgan fingerprint density at radius 3 is 3.00 bits per heavy atom. The molecular weight excluding hydrogens is 232 g/mol. The number of H-pyrrole nitrogens is 1. The summed E-state index contributed by atoms with van der Waals surface area (Å²) in [5.74, 6) is 0.552. The summed E-state index contributed by atoms with van der Waals surface area (Å²) in [5, 5.41) is 17.4. The van der Waals surface area contributed by atoms with Gasteiger partial charge in [0.15, 0.2) is 0 Å². The van der Waals surface area contributed by atoms with E-state index < -0.39 is 0 Å². The van der Waals surface area contributed by atoms with Crippen LogP contribution < -0.4 is 10.9 Å². The van der Waals surface area contributed by atoms with Crippen molar-refractivity contribution in [3.63, 3.8) is 0 Å². The SMILES string of the molecule is CC1CCC(c2cc3[nH]c(=O)cc(O)n3n2)NC1. The van der Waals surface area contributed by atoms with Gasteiger partial charge in [-0.3, -0.25) is 4.79 Å². The molecule has 3 heterocycles. The molecule has 18 heavy (non-hydrogen) atoms. The fourth-order valence-corrected chi connectivity index (χ4v) is 2.43. The summed E-state index contributed by atoms with van der Waals surface area (Å²) in [7, 11) is 0. The Kier molecular flexibility index (Phi) is 2.59. The monoisotopic (exact) mass is 248 g/mol. The van der Waals surface area contributed by atoms with E-state index in [1.54, 1.807) is 0 Å². The van der Waals surface area contributed by atoms with E-state index in [2.05, 4.69) is 22.3 Å². The molecule has 0 amide bonds. The number of piperidine rings is 1. The van der Waals surface area contributed by atoms with Crippen molar-refractivity contribution in [2.45, 2.75) is 25.8 Å². The first-order valence-electron chi connectivity index (χ1n) is 6.19. The van der Waals surface area contributed by atoms with Crippen LogP contribution in [0.15, 0.2) is 16.9 Å². The molecule has 3 N–H and O–H groups in total. The number of aromatic nitrogens is 3. The maximum atomic E-state index is 11.3. The van der Waals surface area contributed by atoms with Crippen LogP contribution in [0.1, 0.15) is 31.5 Å². The van der Waals surface area contributed by atoms with Crippen LogP contribution in [0.2, 0.25) is 0 Å². The van der Waals surface area contributed by atoms with Crippen LogP contribution in [0.25, 0.3) is 5.65 Å². The normalized spacial score (nSPS) is 24.5. The van der Waals surface area contributed by atoms with Crippen LogP contribution in [0.5, 0.6) is 5.88 Å². The van der Waals surface area contributed by atoms with Gasteiger partial charge in [0.2, 0.25) is 5.88 Å². The second-order valence-electron chi connectivity index (χ2n) is 5.00. The van der Waals surface area contributed by atoms with Crippen LogP contribution >= 0.6 is 0 Å². The van der Waals surface area contributed by atoms with Crippen molar-refractivity contribution in [1.82, 2.24) is 19.9 Å². The molecular formula is C12H16N4O2. The van der Waals surface area contributed by atoms with Crippen LogP contribution in [-0.4, -0.2) is 26.2 Å². The molecule has 0 radical (unpaired) electrons. The minimum absolute atomic E-state index is 0.135. The lowest BCUT2D eigenvalue weighted by Crippen LogP contribution is -2.32. The number of aromatic hydroxyl groups is 1. The van der Waals surface area contributed by atoms with Crippen LogP contribution in [-0.2, 0) is 0 Å². The summed E-state index contributed by atoms with van der Waals surface area (Å²) in [6, 6.07) is 3.14. The van der Waals surface area contributed by atoms with E-state index in [1.807, 2.05) is 6.07 Å². The molecule has 2 aromatic heterocycles. The summed E-state index contributed by atoms with van der Waals surface area (Å²) >= 11 is 0. The highest BCUT2D eigenvalue weighted by molar-refractivity contribution is 5.42. The van der Waals surface area contributed by atoms with E-state index in [0.717, 1.165) is 31.1 Å². The first-order valence-corrected chi connectivity index (χ1v) is 6.19. The van der Waals surface area contributed by atoms with Gasteiger partial charge in [-0.25, -0.2) is 0 Å². The lowest BCUT2D eigenvalue weighted by Gasteiger charge is -2.26. The summed E-state index contributed by atoms with van der Waals surface area (Å²) in [4.78, 5) is 13.9. The average molecular weight is 248 g/mol. The molecule has 0 aromatic carbocycles. The van der Waals surface area contributed by atoms with Crippen molar-refractivity contribution in [2.24, 2.45) is 5.92 Å². The summed E-state index contributed by atoms with van der Waals surface area (Å²) < 4.78 is 1.36. The average Bonchev–Trinajstić information content (AvgIpc) is 2.74. The van der Waals surface area contributed by atoms with Crippen LogP contribution in [0, 0.1) is 5.92 Å². The number of fused-ring (bicyclic) bond motifs is 1. The molecule has 96 valence electrons. The number of aromatic amines is 1. The summed E-state index contributed by atoms with van der Waals surface area (Å²) in [5.41, 5.74) is 1.06. The summed E-state index contributed by atoms with van der Waals surface area (Å²) in [6.07, 6.45) is 2.18. The largest absolute Gasteiger partial charge is 0.493 e. The molecule has 1 aliphatic rings. The van der Waals surface area contributed by atoms with Crippen molar-refractivity contribution in [3.8, 4) is 5.88 Å². The lowest BCUT2D eigenvalue weighted by atomic mass is 9.95. The molecule has 6 nitrogen and oxygen atoms in total. The predicted octanol–water partition coefficient (Wildman–Crippen LogP) is 0.789. The van der Waals surface area contributed by atoms with Gasteiger partial charge >= 0.3 is 0 Å². The first-order chi connectivity index (χ1) is 8.63. The lowest BCUT2D eigenvalue weighted by molar-refractivity contribution is 0.327. The smallest absolute Gasteiger partial charge is 0.254 e. The van der Waals surface area contributed by atoms with Crippen molar-refractivity contribution < 1.29 is 5.11 Å². The molecule has 1 saturated heterocycles. The van der Waals surface area contributed by atoms with Gasteiger partial charge in [-0.2, -0.15) is 9.61 Å². The van der Waals surface area contributed by atoms with Crippen molar-refractivity contribution in [1.29, 1.82) is 0 Å². The zero-order valence-electron chi connectivity index (χ0n) is 10.2. The van der Waals surface area contributed by atoms with Crippen LogP contribution in [0.4, 0.5) is 0 Å². The number of hydrogen-bond donors (Lipinski definition) is 3. The van der Waals surface area contributed by atoms with Gasteiger partial charge in [-0.1, -0.05) is 6.92 Å². The minimum Gasteiger partial charge on any atom is -0.493 e. The molecule has 2 unspecified atom stereocenters. The van der Waals surface area contributed by atoms with Gasteiger partial charge in [0.25, 0.3) is 5.56 Å². The van der Waals surface area contributed by atoms with E-state index >= 15 is 0 Å². The Labute approximate surface area is 104 Å². The summed E-state index contributed by atoms with van der Waals surface area (Å²) in [6.45, 7) is 3.19. The van der Waals surface area contributed by atoms with Gasteiger partial charge in [0, 0.05) is 6.07 Å². The highest BCUT2D eigenvalue weighted by atomic mass is 16.3. The molecule has 0 bridgehead atoms. The van der Waals surface area contributed by atoms with Gasteiger partial charge in [-0.05, 0) is 25.3 Å². The highest BCUT2D eigenvalue weighted by Gasteiger charge is 2.21. The molecule has 2 atom stereocenters. The van der Waals surface area contributed by atoms with Crippen molar-refractivity contribution >= 4 is 5.65 Å². The Morgan fingerprint density at radius 1 is 1.44 bits per heavy atom. The third-order valence-corrected chi connectivity index (χ3v) is 3.47. The Morgan fingerprint density at radius 2 is 2.28 bits per heavy atom. The van der Waals surface area contributed by atoms with Gasteiger partial charge in [0.1, 0.15) is 5.65 Å². The third-order valence-electron chi connectivity index (χ3n) is 3.47. The molecule has 1 aliphatic heterocycles. The second kappa shape index (κ2) is 4.13. The molecule has 0 aliphatic carbocycles. The van der Waals surface area contributed by atoms with Gasteiger partial charge < -0.3 is 15.4 Å². The molecule has 1 fully saturated rings. The number of nitrogens with zero attached hydrogens (tertiary/aromatic N) is 2. The maximum absolute atomic E-state index is 11.3. The maximum Gasteiger partial charge on any atom is 0.254 e. The Hall–Kier alpha value is -1.82. The molecule has 3 rings (SSSR count). The topological polar surface area (TPSA) is 82.4 Å². The van der Waals surface area contributed by atoms with Crippen molar-refractivity contribution in [3.05, 3.63) is 28.2 Å². The van der Waals surface area contributed by atoms with E-state index in [4.69, 9.17) is 0 Å².